The summed E-state index contributed by atoms with van der Waals surface area (Å²) in [6.45, 7) is 0.215. The Bertz CT molecular complexity index is 545. The third-order valence-corrected chi connectivity index (χ3v) is 3.98. The van der Waals surface area contributed by atoms with Gasteiger partial charge < -0.3 is 9.42 Å². The molecule has 0 spiro atoms. The highest BCUT2D eigenvalue weighted by molar-refractivity contribution is 7.51. The number of aromatic nitrogens is 1. The predicted molar refractivity (Wildman–Crippen MR) is 73.9 cm³/mol. The lowest BCUT2D eigenvalue weighted by Crippen LogP contribution is -1.99. The van der Waals surface area contributed by atoms with Gasteiger partial charge in [-0.25, -0.2) is 0 Å². The largest absolute Gasteiger partial charge is 0.332 e. The van der Waals surface area contributed by atoms with Crippen molar-refractivity contribution in [3.8, 4) is 0 Å². The van der Waals surface area contributed by atoms with Crippen LogP contribution in [0.5, 0.6) is 0 Å². The van der Waals surface area contributed by atoms with Crippen LogP contribution >= 0.6 is 7.60 Å². The Morgan fingerprint density at radius 2 is 1.84 bits per heavy atom. The molecule has 0 aliphatic heterocycles. The van der Waals surface area contributed by atoms with Gasteiger partial charge in [0, 0.05) is 12.4 Å². The van der Waals surface area contributed by atoms with Crippen molar-refractivity contribution in [2.45, 2.75) is 12.6 Å². The van der Waals surface area contributed by atoms with E-state index in [1.54, 1.807) is 12.4 Å². The second kappa shape index (κ2) is 6.62. The number of rotatable bonds is 6. The Balaban J connectivity index is 1.83. The molecule has 1 aromatic carbocycles. The average molecular weight is 277 g/mol. The van der Waals surface area contributed by atoms with E-state index in [1.165, 1.54) is 0 Å². The van der Waals surface area contributed by atoms with Gasteiger partial charge in [-0.3, -0.25) is 9.55 Å². The molecule has 19 heavy (non-hydrogen) atoms. The van der Waals surface area contributed by atoms with Gasteiger partial charge in [-0.05, 0) is 23.6 Å². The van der Waals surface area contributed by atoms with Gasteiger partial charge in [-0.15, -0.1) is 0 Å². The van der Waals surface area contributed by atoms with Crippen molar-refractivity contribution in [1.82, 2.24) is 4.98 Å². The van der Waals surface area contributed by atoms with Gasteiger partial charge in [-0.1, -0.05) is 36.4 Å². The van der Waals surface area contributed by atoms with Crippen molar-refractivity contribution in [3.05, 3.63) is 66.0 Å². The molecule has 0 saturated carbocycles. The molecule has 0 saturated heterocycles. The van der Waals surface area contributed by atoms with E-state index in [2.05, 4.69) is 4.98 Å². The van der Waals surface area contributed by atoms with E-state index >= 15 is 0 Å². The second-order valence-electron chi connectivity index (χ2n) is 4.23. The quantitative estimate of drug-likeness (QED) is 0.824. The molecule has 0 amide bonds. The van der Waals surface area contributed by atoms with Gasteiger partial charge in [0.25, 0.3) is 0 Å². The summed E-state index contributed by atoms with van der Waals surface area (Å²) in [4.78, 5) is 13.7. The summed E-state index contributed by atoms with van der Waals surface area (Å²) in [6.07, 6.45) is 4.04. The first kappa shape index (κ1) is 13.9. The highest BCUT2D eigenvalue weighted by Crippen LogP contribution is 2.45. The summed E-state index contributed by atoms with van der Waals surface area (Å²) in [6, 6.07) is 12.9. The molecule has 4 nitrogen and oxygen atoms in total. The van der Waals surface area contributed by atoms with E-state index < -0.39 is 7.60 Å². The highest BCUT2D eigenvalue weighted by atomic mass is 31.2. The molecule has 0 fully saturated rings. The first-order chi connectivity index (χ1) is 9.16. The summed E-state index contributed by atoms with van der Waals surface area (Å²) >= 11 is 0. The zero-order chi connectivity index (χ0) is 13.6. The maximum atomic E-state index is 11.9. The maximum absolute atomic E-state index is 11.9. The lowest BCUT2D eigenvalue weighted by Gasteiger charge is -2.12. The minimum Gasteiger partial charge on any atom is -0.324 e. The fourth-order valence-corrected chi connectivity index (χ4v) is 2.85. The Morgan fingerprint density at radius 1 is 1.11 bits per heavy atom. The van der Waals surface area contributed by atoms with Crippen molar-refractivity contribution in [2.24, 2.45) is 0 Å². The minimum absolute atomic E-state index is 0.0425. The number of hydrogen-bond donors (Lipinski definition) is 1. The van der Waals surface area contributed by atoms with Crippen LogP contribution in [0.2, 0.25) is 0 Å². The zero-order valence-electron chi connectivity index (χ0n) is 10.5. The average Bonchev–Trinajstić information content (AvgIpc) is 2.40. The molecule has 0 bridgehead atoms. The van der Waals surface area contributed by atoms with E-state index in [0.29, 0.717) is 6.42 Å². The third-order valence-electron chi connectivity index (χ3n) is 2.63. The second-order valence-corrected chi connectivity index (χ2v) is 6.08. The topological polar surface area (TPSA) is 59.4 Å². The molecular formula is C14H16NO3P. The van der Waals surface area contributed by atoms with Crippen molar-refractivity contribution >= 4 is 7.60 Å². The van der Waals surface area contributed by atoms with E-state index in [-0.39, 0.29) is 12.8 Å². The normalized spacial score (nSPS) is 13.9. The SMILES string of the molecule is O=P(O)(Cc1ccccc1)OCCc1cccnc1. The smallest absolute Gasteiger partial charge is 0.324 e. The van der Waals surface area contributed by atoms with Crippen LogP contribution in [0, 0.1) is 0 Å². The molecule has 2 aromatic rings. The summed E-state index contributed by atoms with van der Waals surface area (Å²) in [5.74, 6) is 0. The lowest BCUT2D eigenvalue weighted by atomic mass is 10.2. The first-order valence-electron chi connectivity index (χ1n) is 6.05. The van der Waals surface area contributed by atoms with Crippen LogP contribution in [0.1, 0.15) is 11.1 Å². The van der Waals surface area contributed by atoms with Crippen LogP contribution in [0.25, 0.3) is 0 Å². The Labute approximate surface area is 112 Å². The van der Waals surface area contributed by atoms with Crippen LogP contribution in [-0.2, 0) is 21.7 Å². The summed E-state index contributed by atoms with van der Waals surface area (Å²) in [5.41, 5.74) is 1.79. The Hall–Kier alpha value is -1.48. The lowest BCUT2D eigenvalue weighted by molar-refractivity contribution is 0.261. The number of nitrogens with zero attached hydrogens (tertiary/aromatic N) is 1. The van der Waals surface area contributed by atoms with Crippen molar-refractivity contribution in [1.29, 1.82) is 0 Å². The number of hydrogen-bond acceptors (Lipinski definition) is 3. The van der Waals surface area contributed by atoms with Crippen LogP contribution in [0.3, 0.4) is 0 Å². The summed E-state index contributed by atoms with van der Waals surface area (Å²) in [5, 5.41) is 0. The van der Waals surface area contributed by atoms with Crippen LogP contribution in [0.4, 0.5) is 0 Å². The molecule has 0 aliphatic rings. The van der Waals surface area contributed by atoms with Crippen molar-refractivity contribution in [2.75, 3.05) is 6.61 Å². The molecule has 0 aliphatic carbocycles. The highest BCUT2D eigenvalue weighted by Gasteiger charge is 2.19. The molecule has 1 atom stereocenters. The van der Waals surface area contributed by atoms with E-state index in [4.69, 9.17) is 4.52 Å². The first-order valence-corrected chi connectivity index (χ1v) is 7.81. The molecular weight excluding hydrogens is 261 g/mol. The number of pyridine rings is 1. The summed E-state index contributed by atoms with van der Waals surface area (Å²) < 4.78 is 17.0. The van der Waals surface area contributed by atoms with Gasteiger partial charge >= 0.3 is 7.60 Å². The standard InChI is InChI=1S/C14H16NO3P/c16-19(17,12-14-5-2-1-3-6-14)18-10-8-13-7-4-9-15-11-13/h1-7,9,11H,8,10,12H2,(H,16,17). The fourth-order valence-electron chi connectivity index (χ4n) is 1.71. The van der Waals surface area contributed by atoms with E-state index in [0.717, 1.165) is 11.1 Å². The Kier molecular flexibility index (Phi) is 4.86. The predicted octanol–water partition coefficient (Wildman–Crippen LogP) is 3.03. The van der Waals surface area contributed by atoms with Gasteiger partial charge in [0.15, 0.2) is 0 Å². The monoisotopic (exact) mass is 277 g/mol. The van der Waals surface area contributed by atoms with Gasteiger partial charge in [0.2, 0.25) is 0 Å². The zero-order valence-corrected chi connectivity index (χ0v) is 11.4. The van der Waals surface area contributed by atoms with Crippen molar-refractivity contribution in [3.63, 3.8) is 0 Å². The molecule has 100 valence electrons. The molecule has 5 heteroatoms. The van der Waals surface area contributed by atoms with E-state index in [1.807, 2.05) is 42.5 Å². The maximum Gasteiger partial charge on any atom is 0.332 e. The van der Waals surface area contributed by atoms with Gasteiger partial charge in [0.1, 0.15) is 0 Å². The van der Waals surface area contributed by atoms with Gasteiger partial charge in [-0.2, -0.15) is 0 Å². The van der Waals surface area contributed by atoms with Gasteiger partial charge in [0.05, 0.1) is 12.8 Å². The molecule has 1 aromatic heterocycles. The molecule has 0 radical (unpaired) electrons. The third kappa shape index (κ3) is 4.95. The van der Waals surface area contributed by atoms with Crippen LogP contribution < -0.4 is 0 Å². The summed E-state index contributed by atoms with van der Waals surface area (Å²) in [7, 11) is -3.57. The Morgan fingerprint density at radius 3 is 2.53 bits per heavy atom. The fraction of sp³-hybridized carbons (Fsp3) is 0.214. The molecule has 2 rings (SSSR count). The minimum atomic E-state index is -3.57. The molecule has 1 unspecified atom stereocenters. The molecule has 1 heterocycles. The molecule has 1 N–H and O–H groups in total. The van der Waals surface area contributed by atoms with Crippen LogP contribution in [0.15, 0.2) is 54.9 Å². The van der Waals surface area contributed by atoms with E-state index in [9.17, 15) is 9.46 Å². The van der Waals surface area contributed by atoms with Crippen molar-refractivity contribution < 1.29 is 14.0 Å². The van der Waals surface area contributed by atoms with Crippen LogP contribution in [-0.4, -0.2) is 16.5 Å². The number of benzene rings is 1.